The van der Waals surface area contributed by atoms with Crippen molar-refractivity contribution in [3.05, 3.63) is 28.2 Å². The van der Waals surface area contributed by atoms with Crippen LogP contribution in [0.15, 0.2) is 22.7 Å². The number of hydrogen-bond donors (Lipinski definition) is 3. The highest BCUT2D eigenvalue weighted by Gasteiger charge is 2.26. The zero-order chi connectivity index (χ0) is 12.9. The molecule has 0 radical (unpaired) electrons. The molecule has 1 aromatic rings. The monoisotopic (exact) mass is 298 g/mol. The van der Waals surface area contributed by atoms with E-state index >= 15 is 0 Å². The van der Waals surface area contributed by atoms with E-state index in [-0.39, 0.29) is 13.2 Å². The van der Waals surface area contributed by atoms with Crippen LogP contribution >= 0.6 is 15.9 Å². The smallest absolute Gasteiger partial charge is 0.100 e. The van der Waals surface area contributed by atoms with Gasteiger partial charge in [-0.2, -0.15) is 5.26 Å². The van der Waals surface area contributed by atoms with Crippen LogP contribution in [-0.2, 0) is 0 Å². The predicted octanol–water partition coefficient (Wildman–Crippen LogP) is 1.87. The van der Waals surface area contributed by atoms with Gasteiger partial charge >= 0.3 is 0 Å². The van der Waals surface area contributed by atoms with Crippen molar-refractivity contribution in [3.8, 4) is 6.07 Å². The van der Waals surface area contributed by atoms with Crippen molar-refractivity contribution in [1.29, 1.82) is 5.26 Å². The highest BCUT2D eigenvalue weighted by molar-refractivity contribution is 9.10. The van der Waals surface area contributed by atoms with Crippen LogP contribution in [0, 0.1) is 11.3 Å². The van der Waals surface area contributed by atoms with Crippen molar-refractivity contribution in [1.82, 2.24) is 0 Å². The SMILES string of the molecule is CCC(CO)(CO)Nc1ccc(C#N)c(Br)c1. The summed E-state index contributed by atoms with van der Waals surface area (Å²) in [6, 6.07) is 7.24. The van der Waals surface area contributed by atoms with Crippen LogP contribution in [0.5, 0.6) is 0 Å². The molecule has 3 N–H and O–H groups in total. The third-order valence-electron chi connectivity index (χ3n) is 2.78. The summed E-state index contributed by atoms with van der Waals surface area (Å²) < 4.78 is 0.686. The van der Waals surface area contributed by atoms with Crippen LogP contribution in [0.25, 0.3) is 0 Å². The Hall–Kier alpha value is -1.09. The molecule has 1 aromatic carbocycles. The summed E-state index contributed by atoms with van der Waals surface area (Å²) in [5.74, 6) is 0. The van der Waals surface area contributed by atoms with Gasteiger partial charge in [0.15, 0.2) is 0 Å². The van der Waals surface area contributed by atoms with Crippen LogP contribution in [0.3, 0.4) is 0 Å². The first kappa shape index (κ1) is 14.0. The van der Waals surface area contributed by atoms with E-state index in [2.05, 4.69) is 27.3 Å². The summed E-state index contributed by atoms with van der Waals surface area (Å²) in [4.78, 5) is 0. The van der Waals surface area contributed by atoms with Crippen LogP contribution < -0.4 is 5.32 Å². The van der Waals surface area contributed by atoms with Crippen molar-refractivity contribution in [3.63, 3.8) is 0 Å². The number of nitrogens with one attached hydrogen (secondary N) is 1. The molecule has 0 aromatic heterocycles. The first-order valence-electron chi connectivity index (χ1n) is 5.30. The lowest BCUT2D eigenvalue weighted by Crippen LogP contribution is -2.45. The Morgan fingerprint density at radius 3 is 2.47 bits per heavy atom. The van der Waals surface area contributed by atoms with Gasteiger partial charge in [0.25, 0.3) is 0 Å². The zero-order valence-electron chi connectivity index (χ0n) is 9.57. The average Bonchev–Trinajstić information content (AvgIpc) is 2.36. The molecule has 0 unspecified atom stereocenters. The largest absolute Gasteiger partial charge is 0.394 e. The number of nitriles is 1. The van der Waals surface area contributed by atoms with Crippen molar-refractivity contribution in [2.24, 2.45) is 0 Å². The molecule has 0 aliphatic heterocycles. The number of rotatable bonds is 5. The summed E-state index contributed by atoms with van der Waals surface area (Å²) in [6.45, 7) is 1.58. The van der Waals surface area contributed by atoms with Crippen molar-refractivity contribution in [2.75, 3.05) is 18.5 Å². The second kappa shape index (κ2) is 6.01. The highest BCUT2D eigenvalue weighted by atomic mass is 79.9. The maximum Gasteiger partial charge on any atom is 0.100 e. The first-order valence-corrected chi connectivity index (χ1v) is 6.09. The zero-order valence-corrected chi connectivity index (χ0v) is 11.2. The third-order valence-corrected chi connectivity index (χ3v) is 3.44. The maximum absolute atomic E-state index is 9.32. The summed E-state index contributed by atoms with van der Waals surface area (Å²) in [5, 5.41) is 30.5. The minimum Gasteiger partial charge on any atom is -0.394 e. The van der Waals surface area contributed by atoms with Crippen LogP contribution in [0.4, 0.5) is 5.69 Å². The first-order chi connectivity index (χ1) is 8.10. The van der Waals surface area contributed by atoms with E-state index in [0.29, 0.717) is 16.5 Å². The van der Waals surface area contributed by atoms with E-state index in [1.54, 1.807) is 18.2 Å². The molecule has 0 spiro atoms. The van der Waals surface area contributed by atoms with Gasteiger partial charge in [-0.15, -0.1) is 0 Å². The van der Waals surface area contributed by atoms with Gasteiger partial charge in [-0.3, -0.25) is 0 Å². The molecule has 92 valence electrons. The Morgan fingerprint density at radius 2 is 2.06 bits per heavy atom. The topological polar surface area (TPSA) is 76.3 Å². The molecule has 0 aliphatic carbocycles. The Labute approximate surface area is 109 Å². The number of nitrogens with zero attached hydrogens (tertiary/aromatic N) is 1. The second-order valence-corrected chi connectivity index (χ2v) is 4.74. The second-order valence-electron chi connectivity index (χ2n) is 3.88. The summed E-state index contributed by atoms with van der Waals surface area (Å²) in [5.41, 5.74) is 0.569. The van der Waals surface area contributed by atoms with E-state index in [1.807, 2.05) is 6.92 Å². The van der Waals surface area contributed by atoms with Crippen molar-refractivity contribution in [2.45, 2.75) is 18.9 Å². The minimum atomic E-state index is -0.729. The molecule has 0 saturated carbocycles. The maximum atomic E-state index is 9.32. The van der Waals surface area contributed by atoms with Gasteiger partial charge < -0.3 is 15.5 Å². The minimum absolute atomic E-state index is 0.155. The van der Waals surface area contributed by atoms with Crippen LogP contribution in [0.1, 0.15) is 18.9 Å². The molecule has 0 fully saturated rings. The van der Waals surface area contributed by atoms with Crippen LogP contribution in [0.2, 0.25) is 0 Å². The number of halogens is 1. The Kier molecular flexibility index (Phi) is 4.94. The molecule has 0 atom stereocenters. The quantitative estimate of drug-likeness (QED) is 0.776. The van der Waals surface area contributed by atoms with Gasteiger partial charge in [-0.05, 0) is 40.5 Å². The lowest BCUT2D eigenvalue weighted by Gasteiger charge is -2.31. The van der Waals surface area contributed by atoms with Crippen molar-refractivity contribution >= 4 is 21.6 Å². The van der Waals surface area contributed by atoms with Gasteiger partial charge in [0.2, 0.25) is 0 Å². The third kappa shape index (κ3) is 3.19. The summed E-state index contributed by atoms with van der Waals surface area (Å²) >= 11 is 3.29. The fraction of sp³-hybridized carbons (Fsp3) is 0.417. The number of anilines is 1. The standard InChI is InChI=1S/C12H15BrN2O2/c1-2-12(7-16,8-17)15-10-4-3-9(6-14)11(13)5-10/h3-5,15-17H,2,7-8H2,1H3. The Morgan fingerprint density at radius 1 is 1.41 bits per heavy atom. The molecule has 4 nitrogen and oxygen atoms in total. The van der Waals surface area contributed by atoms with E-state index < -0.39 is 5.54 Å². The number of aliphatic hydroxyl groups excluding tert-OH is 2. The van der Waals surface area contributed by atoms with Gasteiger partial charge in [0.05, 0.1) is 24.3 Å². The molecule has 0 saturated heterocycles. The van der Waals surface area contributed by atoms with Crippen molar-refractivity contribution < 1.29 is 10.2 Å². The van der Waals surface area contributed by atoms with Crippen LogP contribution in [-0.4, -0.2) is 29.0 Å². The highest BCUT2D eigenvalue weighted by Crippen LogP contribution is 2.24. The number of hydrogen-bond acceptors (Lipinski definition) is 4. The van der Waals surface area contributed by atoms with E-state index in [4.69, 9.17) is 5.26 Å². The molecular weight excluding hydrogens is 284 g/mol. The molecule has 5 heteroatoms. The molecule has 0 amide bonds. The molecule has 0 bridgehead atoms. The lowest BCUT2D eigenvalue weighted by atomic mass is 9.98. The lowest BCUT2D eigenvalue weighted by molar-refractivity contribution is 0.132. The Balaban J connectivity index is 2.95. The molecule has 0 heterocycles. The van der Waals surface area contributed by atoms with E-state index in [9.17, 15) is 10.2 Å². The van der Waals surface area contributed by atoms with E-state index in [0.717, 1.165) is 5.69 Å². The summed E-state index contributed by atoms with van der Waals surface area (Å²) in [6.07, 6.45) is 0.595. The van der Waals surface area contributed by atoms with Gasteiger partial charge in [-0.25, -0.2) is 0 Å². The molecule has 17 heavy (non-hydrogen) atoms. The fourth-order valence-corrected chi connectivity index (χ4v) is 1.90. The molecular formula is C12H15BrN2O2. The fourth-order valence-electron chi connectivity index (χ4n) is 1.43. The van der Waals surface area contributed by atoms with Gasteiger partial charge in [0, 0.05) is 10.2 Å². The molecule has 0 aliphatic rings. The Bertz CT molecular complexity index is 417. The number of benzene rings is 1. The normalized spacial score (nSPS) is 11.0. The predicted molar refractivity (Wildman–Crippen MR) is 69.7 cm³/mol. The number of aliphatic hydroxyl groups is 2. The average molecular weight is 299 g/mol. The van der Waals surface area contributed by atoms with Gasteiger partial charge in [0.1, 0.15) is 6.07 Å². The van der Waals surface area contributed by atoms with Gasteiger partial charge in [-0.1, -0.05) is 6.92 Å². The summed E-state index contributed by atoms with van der Waals surface area (Å²) in [7, 11) is 0. The van der Waals surface area contributed by atoms with E-state index in [1.165, 1.54) is 0 Å². The molecule has 1 rings (SSSR count).